The Morgan fingerprint density at radius 2 is 2.00 bits per heavy atom. The predicted octanol–water partition coefficient (Wildman–Crippen LogP) is 1.85. The molecule has 6 nitrogen and oxygen atoms in total. The van der Waals surface area contributed by atoms with Gasteiger partial charge in [0.25, 0.3) is 5.91 Å². The van der Waals surface area contributed by atoms with Gasteiger partial charge in [-0.25, -0.2) is 10.0 Å². The monoisotopic (exact) mass is 316 g/mol. The topological polar surface area (TPSA) is 60.6 Å². The van der Waals surface area contributed by atoms with E-state index >= 15 is 0 Å². The zero-order valence-electron chi connectivity index (χ0n) is 13.9. The largest absolute Gasteiger partial charge is 0.496 e. The van der Waals surface area contributed by atoms with E-state index in [1.807, 2.05) is 24.4 Å². The molecule has 1 aromatic carbocycles. The van der Waals surface area contributed by atoms with Crippen LogP contribution in [0.5, 0.6) is 5.75 Å². The van der Waals surface area contributed by atoms with Crippen LogP contribution in [0.4, 0.5) is 0 Å². The fraction of sp³-hybridized carbons (Fsp3) is 0.471. The van der Waals surface area contributed by atoms with E-state index in [4.69, 9.17) is 4.74 Å². The maximum absolute atomic E-state index is 12.7. The summed E-state index contributed by atoms with van der Waals surface area (Å²) in [5.74, 6) is 0.513. The summed E-state index contributed by atoms with van der Waals surface area (Å²) in [7, 11) is 1.59. The molecule has 0 atom stereocenters. The molecule has 124 valence electrons. The van der Waals surface area contributed by atoms with Crippen molar-refractivity contribution in [2.45, 2.75) is 19.9 Å². The number of amides is 1. The first-order chi connectivity index (χ1) is 11.2. The molecule has 2 aromatic rings. The lowest BCUT2D eigenvalue weighted by atomic mass is 10.1. The molecule has 1 saturated heterocycles. The molecule has 3 rings (SSSR count). The molecule has 1 aliphatic heterocycles. The molecular weight excluding hydrogens is 292 g/mol. The number of aromatic amines is 1. The van der Waals surface area contributed by atoms with E-state index in [1.54, 1.807) is 7.11 Å². The van der Waals surface area contributed by atoms with Crippen LogP contribution in [-0.4, -0.2) is 60.2 Å². The third-order valence-electron chi connectivity index (χ3n) is 4.45. The lowest BCUT2D eigenvalue weighted by Gasteiger charge is -2.24. The molecule has 2 heterocycles. The Morgan fingerprint density at radius 1 is 1.30 bits per heavy atom. The molecule has 0 aliphatic carbocycles. The van der Waals surface area contributed by atoms with Crippen LogP contribution in [0.1, 0.15) is 24.2 Å². The van der Waals surface area contributed by atoms with Crippen LogP contribution < -0.4 is 10.1 Å². The van der Waals surface area contributed by atoms with Gasteiger partial charge in [-0.15, -0.1) is 0 Å². The van der Waals surface area contributed by atoms with E-state index in [2.05, 4.69) is 34.2 Å². The zero-order valence-corrected chi connectivity index (χ0v) is 13.9. The van der Waals surface area contributed by atoms with Crippen molar-refractivity contribution in [3.63, 3.8) is 0 Å². The Morgan fingerprint density at radius 3 is 2.61 bits per heavy atom. The molecule has 0 unspecified atom stereocenters. The van der Waals surface area contributed by atoms with Crippen molar-refractivity contribution in [2.75, 3.05) is 33.3 Å². The van der Waals surface area contributed by atoms with Gasteiger partial charge >= 0.3 is 0 Å². The number of rotatable bonds is 5. The van der Waals surface area contributed by atoms with Gasteiger partial charge < -0.3 is 15.0 Å². The minimum atomic E-state index is -0.0797. The summed E-state index contributed by atoms with van der Waals surface area (Å²) in [6, 6.07) is 5.84. The molecule has 0 bridgehead atoms. The van der Waals surface area contributed by atoms with Gasteiger partial charge in [0.15, 0.2) is 0 Å². The minimum Gasteiger partial charge on any atom is -0.496 e. The van der Waals surface area contributed by atoms with Gasteiger partial charge in [0.1, 0.15) is 5.75 Å². The first-order valence-electron chi connectivity index (χ1n) is 8.12. The van der Waals surface area contributed by atoms with E-state index in [0.717, 1.165) is 37.1 Å². The lowest BCUT2D eigenvalue weighted by Crippen LogP contribution is -2.38. The number of ether oxygens (including phenoxy) is 1. The summed E-state index contributed by atoms with van der Waals surface area (Å²) < 4.78 is 5.39. The van der Waals surface area contributed by atoms with Crippen LogP contribution in [0.3, 0.4) is 0 Å². The summed E-state index contributed by atoms with van der Waals surface area (Å²) in [5, 5.41) is 8.70. The number of nitrogens with one attached hydrogen (secondary N) is 2. The van der Waals surface area contributed by atoms with Crippen molar-refractivity contribution in [1.29, 1.82) is 0 Å². The number of methoxy groups -OCH3 is 1. The summed E-state index contributed by atoms with van der Waals surface area (Å²) >= 11 is 0. The number of benzene rings is 1. The van der Waals surface area contributed by atoms with Crippen molar-refractivity contribution in [3.8, 4) is 5.75 Å². The number of carbonyl (C=O) groups is 1. The number of hydrogen-bond donors (Lipinski definition) is 2. The first kappa shape index (κ1) is 15.8. The Balaban J connectivity index is 1.78. The molecule has 1 fully saturated rings. The smallest absolute Gasteiger partial charge is 0.255 e. The molecule has 6 heteroatoms. The van der Waals surface area contributed by atoms with Gasteiger partial charge in [-0.05, 0) is 12.1 Å². The van der Waals surface area contributed by atoms with Gasteiger partial charge in [0.05, 0.1) is 18.7 Å². The minimum absolute atomic E-state index is 0.0797. The summed E-state index contributed by atoms with van der Waals surface area (Å²) in [6.45, 7) is 7.89. The number of carbonyl (C=O) groups excluding carboxylic acids is 1. The molecule has 1 aliphatic rings. The number of hydrogen-bond acceptors (Lipinski definition) is 4. The summed E-state index contributed by atoms with van der Waals surface area (Å²) in [4.78, 5) is 15.8. The number of likely N-dealkylation sites (N-methyl/N-ethyl adjacent to an activating group) is 2. The Bertz CT molecular complexity index is 685. The fourth-order valence-corrected chi connectivity index (χ4v) is 3.24. The van der Waals surface area contributed by atoms with E-state index in [1.165, 1.54) is 0 Å². The van der Waals surface area contributed by atoms with E-state index in [0.29, 0.717) is 11.3 Å². The van der Waals surface area contributed by atoms with Crippen LogP contribution in [-0.2, 0) is 0 Å². The van der Waals surface area contributed by atoms with Crippen molar-refractivity contribution in [1.82, 2.24) is 20.3 Å². The van der Waals surface area contributed by atoms with E-state index < -0.39 is 0 Å². The second kappa shape index (κ2) is 6.60. The Labute approximate surface area is 136 Å². The molecule has 2 N–H and O–H groups in total. The summed E-state index contributed by atoms with van der Waals surface area (Å²) in [5.41, 5.74) is 1.55. The van der Waals surface area contributed by atoms with E-state index in [-0.39, 0.29) is 11.9 Å². The Kier molecular flexibility index (Phi) is 4.54. The highest BCUT2D eigenvalue weighted by Crippen LogP contribution is 2.25. The van der Waals surface area contributed by atoms with Gasteiger partial charge in [0.2, 0.25) is 0 Å². The third-order valence-corrected chi connectivity index (χ3v) is 4.45. The Hall–Kier alpha value is -2.05. The number of aromatic nitrogens is 1. The van der Waals surface area contributed by atoms with Gasteiger partial charge in [-0.2, -0.15) is 0 Å². The number of nitrogens with zero attached hydrogens (tertiary/aromatic N) is 2. The fourth-order valence-electron chi connectivity index (χ4n) is 3.24. The van der Waals surface area contributed by atoms with Crippen molar-refractivity contribution in [2.24, 2.45) is 0 Å². The molecule has 0 spiro atoms. The quantitative estimate of drug-likeness (QED) is 0.884. The zero-order chi connectivity index (χ0) is 16.4. The van der Waals surface area contributed by atoms with Crippen LogP contribution in [0, 0.1) is 0 Å². The van der Waals surface area contributed by atoms with Crippen LogP contribution in [0.2, 0.25) is 0 Å². The second-order valence-corrected chi connectivity index (χ2v) is 5.80. The SMILES string of the molecule is CCN1CC(NC(=O)c2cc3cc[nH]c3cc2OC)CN1CC. The molecule has 23 heavy (non-hydrogen) atoms. The van der Waals surface area contributed by atoms with Gasteiger partial charge in [-0.1, -0.05) is 13.8 Å². The maximum Gasteiger partial charge on any atom is 0.255 e. The highest BCUT2D eigenvalue weighted by molar-refractivity contribution is 6.01. The standard InChI is InChI=1S/C17H24N4O2/c1-4-20-10-13(11-21(20)5-2)19-17(22)14-8-12-6-7-18-15(12)9-16(14)23-3/h6-9,13,18H,4-5,10-11H2,1-3H3,(H,19,22). The molecular formula is C17H24N4O2. The predicted molar refractivity (Wildman–Crippen MR) is 90.6 cm³/mol. The van der Waals surface area contributed by atoms with Crippen LogP contribution in [0.25, 0.3) is 10.9 Å². The number of fused-ring (bicyclic) bond motifs is 1. The molecule has 0 radical (unpaired) electrons. The van der Waals surface area contributed by atoms with Gasteiger partial charge in [-0.3, -0.25) is 4.79 Å². The van der Waals surface area contributed by atoms with E-state index in [9.17, 15) is 4.79 Å². The lowest BCUT2D eigenvalue weighted by molar-refractivity contribution is 0.0388. The second-order valence-electron chi connectivity index (χ2n) is 5.80. The molecule has 1 aromatic heterocycles. The number of H-pyrrole nitrogens is 1. The maximum atomic E-state index is 12.7. The third kappa shape index (κ3) is 3.04. The first-order valence-corrected chi connectivity index (χ1v) is 8.12. The van der Waals surface area contributed by atoms with Crippen molar-refractivity contribution >= 4 is 16.8 Å². The van der Waals surface area contributed by atoms with Crippen molar-refractivity contribution < 1.29 is 9.53 Å². The van der Waals surface area contributed by atoms with Gasteiger partial charge in [0, 0.05) is 49.3 Å². The number of hydrazine groups is 1. The highest BCUT2D eigenvalue weighted by Gasteiger charge is 2.29. The molecule has 0 saturated carbocycles. The highest BCUT2D eigenvalue weighted by atomic mass is 16.5. The average Bonchev–Trinajstić information content (AvgIpc) is 3.18. The summed E-state index contributed by atoms with van der Waals surface area (Å²) in [6.07, 6.45) is 1.86. The van der Waals surface area contributed by atoms with Crippen LogP contribution in [0.15, 0.2) is 24.4 Å². The normalized spacial score (nSPS) is 17.0. The molecule has 1 amide bonds. The average molecular weight is 316 g/mol. The van der Waals surface area contributed by atoms with Crippen LogP contribution >= 0.6 is 0 Å². The van der Waals surface area contributed by atoms with Crippen molar-refractivity contribution in [3.05, 3.63) is 30.0 Å².